The van der Waals surface area contributed by atoms with Gasteiger partial charge in [-0.15, -0.1) is 0 Å². The molecule has 0 bridgehead atoms. The van der Waals surface area contributed by atoms with Crippen LogP contribution in [0.2, 0.25) is 0 Å². The van der Waals surface area contributed by atoms with Crippen molar-refractivity contribution in [2.75, 3.05) is 0 Å². The van der Waals surface area contributed by atoms with Gasteiger partial charge in [0.25, 0.3) is 10.1 Å². The van der Waals surface area contributed by atoms with Crippen molar-refractivity contribution in [1.29, 1.82) is 0 Å². The Bertz CT molecular complexity index is 1600. The van der Waals surface area contributed by atoms with Gasteiger partial charge in [-0.05, 0) is 37.4 Å². The van der Waals surface area contributed by atoms with Gasteiger partial charge in [-0.1, -0.05) is 71.8 Å². The molecule has 160 valence electrons. The van der Waals surface area contributed by atoms with Gasteiger partial charge in [0.2, 0.25) is 0 Å². The molecule has 33 heavy (non-hydrogen) atoms. The van der Waals surface area contributed by atoms with Crippen LogP contribution in [0.15, 0.2) is 83.8 Å². The standard InChI is InChI=1S/C26H20N2O3S.Na.H/c1-16-6-10-18(11-7-16)25-26(19-12-8-17(2)9-13-19)28-23-15-21-20(14-22(23)27-25)4-3-5-24(21)32(29,30)31;;/h3-15H,1-2H3,(H,29,30,31);;. The average Bonchev–Trinajstić information content (AvgIpc) is 2.77. The van der Waals surface area contributed by atoms with Crippen LogP contribution in [0.5, 0.6) is 0 Å². The van der Waals surface area contributed by atoms with E-state index in [1.165, 1.54) is 6.07 Å². The fraction of sp³-hybridized carbons (Fsp3) is 0.0769. The first kappa shape index (κ1) is 23.5. The molecule has 0 amide bonds. The normalized spacial score (nSPS) is 11.5. The molecule has 5 aromatic rings. The summed E-state index contributed by atoms with van der Waals surface area (Å²) in [6, 6.07) is 24.5. The van der Waals surface area contributed by atoms with E-state index in [0.717, 1.165) is 27.9 Å². The number of hydrogen-bond acceptors (Lipinski definition) is 4. The summed E-state index contributed by atoms with van der Waals surface area (Å²) in [4.78, 5) is 9.71. The van der Waals surface area contributed by atoms with Crippen LogP contribution in [0.25, 0.3) is 44.3 Å². The molecule has 5 rings (SSSR count). The van der Waals surface area contributed by atoms with Crippen molar-refractivity contribution in [1.82, 2.24) is 9.97 Å². The van der Waals surface area contributed by atoms with Gasteiger partial charge in [-0.25, -0.2) is 9.97 Å². The van der Waals surface area contributed by atoms with E-state index in [-0.39, 0.29) is 34.5 Å². The zero-order chi connectivity index (χ0) is 22.5. The fourth-order valence-corrected chi connectivity index (χ4v) is 4.55. The number of aryl methyl sites for hydroxylation is 2. The third-order valence-corrected chi connectivity index (χ3v) is 6.46. The van der Waals surface area contributed by atoms with Crippen LogP contribution in [0, 0.1) is 13.8 Å². The molecule has 0 aliphatic heterocycles. The number of fused-ring (bicyclic) bond motifs is 2. The molecule has 0 aliphatic rings. The van der Waals surface area contributed by atoms with E-state index in [0.29, 0.717) is 27.5 Å². The van der Waals surface area contributed by atoms with E-state index in [2.05, 4.69) is 0 Å². The van der Waals surface area contributed by atoms with E-state index in [4.69, 9.17) is 9.97 Å². The van der Waals surface area contributed by atoms with Gasteiger partial charge in [0, 0.05) is 16.5 Å². The van der Waals surface area contributed by atoms with Crippen LogP contribution >= 0.6 is 0 Å². The van der Waals surface area contributed by atoms with Gasteiger partial charge in [0.15, 0.2) is 0 Å². The third-order valence-electron chi connectivity index (χ3n) is 5.55. The minimum absolute atomic E-state index is 0. The van der Waals surface area contributed by atoms with Crippen molar-refractivity contribution < 1.29 is 13.0 Å². The van der Waals surface area contributed by atoms with Crippen LogP contribution in [-0.2, 0) is 10.1 Å². The second-order valence-corrected chi connectivity index (χ2v) is 9.34. The molecule has 7 heteroatoms. The van der Waals surface area contributed by atoms with E-state index in [1.54, 1.807) is 18.2 Å². The van der Waals surface area contributed by atoms with Crippen LogP contribution in [-0.4, -0.2) is 52.5 Å². The number of nitrogens with zero attached hydrogens (tertiary/aromatic N) is 2. The molecule has 1 heterocycles. The van der Waals surface area contributed by atoms with Gasteiger partial charge < -0.3 is 0 Å². The van der Waals surface area contributed by atoms with Crippen molar-refractivity contribution in [3.63, 3.8) is 0 Å². The second kappa shape index (κ2) is 8.97. The fourth-order valence-electron chi connectivity index (χ4n) is 3.85. The van der Waals surface area contributed by atoms with Crippen molar-refractivity contribution in [2.24, 2.45) is 0 Å². The Balaban J connectivity index is 0.00000259. The Labute approximate surface area is 214 Å². The molecule has 0 fully saturated rings. The van der Waals surface area contributed by atoms with Crippen LogP contribution in [0.3, 0.4) is 0 Å². The van der Waals surface area contributed by atoms with Crippen LogP contribution in [0.4, 0.5) is 0 Å². The summed E-state index contributed by atoms with van der Waals surface area (Å²) < 4.78 is 33.4. The molecule has 0 spiro atoms. The molecular weight excluding hydrogens is 443 g/mol. The maximum atomic E-state index is 11.9. The summed E-state index contributed by atoms with van der Waals surface area (Å²) in [6.45, 7) is 4.06. The van der Waals surface area contributed by atoms with Gasteiger partial charge in [0.1, 0.15) is 4.90 Å². The van der Waals surface area contributed by atoms with E-state index < -0.39 is 10.1 Å². The Hall–Kier alpha value is -2.61. The monoisotopic (exact) mass is 464 g/mol. The minimum atomic E-state index is -4.37. The molecule has 0 aliphatic carbocycles. The molecule has 0 atom stereocenters. The molecule has 1 N–H and O–H groups in total. The zero-order valence-electron chi connectivity index (χ0n) is 17.6. The van der Waals surface area contributed by atoms with Gasteiger partial charge >= 0.3 is 29.6 Å². The number of hydrogen-bond donors (Lipinski definition) is 1. The Morgan fingerprint density at radius 3 is 1.67 bits per heavy atom. The first-order valence-electron chi connectivity index (χ1n) is 10.2. The third kappa shape index (κ3) is 4.58. The van der Waals surface area contributed by atoms with E-state index in [9.17, 15) is 13.0 Å². The first-order valence-corrected chi connectivity index (χ1v) is 11.6. The molecule has 4 aromatic carbocycles. The van der Waals surface area contributed by atoms with E-state index in [1.807, 2.05) is 68.4 Å². The topological polar surface area (TPSA) is 80.2 Å². The molecule has 1 aromatic heterocycles. The number of aromatic nitrogens is 2. The van der Waals surface area contributed by atoms with Gasteiger partial charge in [-0.3, -0.25) is 4.55 Å². The van der Waals surface area contributed by atoms with Gasteiger partial charge in [0.05, 0.1) is 22.4 Å². The second-order valence-electron chi connectivity index (χ2n) is 7.95. The molecule has 0 saturated carbocycles. The first-order chi connectivity index (χ1) is 15.3. The van der Waals surface area contributed by atoms with Crippen molar-refractivity contribution in [2.45, 2.75) is 18.7 Å². The van der Waals surface area contributed by atoms with Gasteiger partial charge in [-0.2, -0.15) is 8.42 Å². The van der Waals surface area contributed by atoms with Crippen LogP contribution < -0.4 is 0 Å². The molecular formula is C26H21N2NaO3S. The summed E-state index contributed by atoms with van der Waals surface area (Å²) in [6.07, 6.45) is 0. The zero-order valence-corrected chi connectivity index (χ0v) is 18.4. The molecule has 0 unspecified atom stereocenters. The summed E-state index contributed by atoms with van der Waals surface area (Å²) in [7, 11) is -4.37. The summed E-state index contributed by atoms with van der Waals surface area (Å²) >= 11 is 0. The number of rotatable bonds is 3. The number of benzene rings is 4. The molecule has 0 saturated heterocycles. The van der Waals surface area contributed by atoms with Crippen LogP contribution in [0.1, 0.15) is 11.1 Å². The summed E-state index contributed by atoms with van der Waals surface area (Å²) in [5, 5.41) is 1.08. The average molecular weight is 465 g/mol. The predicted octanol–water partition coefficient (Wildman–Crippen LogP) is 5.33. The summed E-state index contributed by atoms with van der Waals surface area (Å²) in [5.74, 6) is 0. The van der Waals surface area contributed by atoms with Crippen molar-refractivity contribution in [3.05, 3.63) is 90.0 Å². The van der Waals surface area contributed by atoms with Crippen molar-refractivity contribution in [3.8, 4) is 22.5 Å². The summed E-state index contributed by atoms with van der Waals surface area (Å²) in [5.41, 5.74) is 6.84. The predicted molar refractivity (Wildman–Crippen MR) is 134 cm³/mol. The Kier molecular flexibility index (Phi) is 6.40. The Morgan fingerprint density at radius 1 is 0.697 bits per heavy atom. The Morgan fingerprint density at radius 2 is 1.18 bits per heavy atom. The van der Waals surface area contributed by atoms with Crippen molar-refractivity contribution >= 4 is 61.5 Å². The SMILES string of the molecule is Cc1ccc(-c2nc3cc4cccc(S(=O)(=O)O)c4cc3nc2-c2ccc(C)cc2)cc1.[NaH]. The quantitative estimate of drug-likeness (QED) is 0.222. The molecule has 0 radical (unpaired) electrons. The maximum absolute atomic E-state index is 11.9. The molecule has 5 nitrogen and oxygen atoms in total. The van der Waals surface area contributed by atoms with E-state index >= 15 is 0 Å².